The third-order valence-electron chi connectivity index (χ3n) is 3.04. The molecule has 2 rings (SSSR count). The minimum Gasteiger partial charge on any atom is -0.470 e. The second kappa shape index (κ2) is 7.06. The second-order valence-electron chi connectivity index (χ2n) is 5.17. The van der Waals surface area contributed by atoms with Gasteiger partial charge in [0.15, 0.2) is 0 Å². The van der Waals surface area contributed by atoms with Crippen LogP contribution in [0.15, 0.2) is 48.5 Å². The summed E-state index contributed by atoms with van der Waals surface area (Å²) in [5, 5.41) is 3.36. The van der Waals surface area contributed by atoms with E-state index >= 15 is 0 Å². The fourth-order valence-corrected chi connectivity index (χ4v) is 1.90. The van der Waals surface area contributed by atoms with Crippen LogP contribution in [0, 0.1) is 0 Å². The zero-order chi connectivity index (χ0) is 14.4. The molecule has 20 heavy (non-hydrogen) atoms. The van der Waals surface area contributed by atoms with Crippen LogP contribution in [0.3, 0.4) is 0 Å². The van der Waals surface area contributed by atoms with Crippen LogP contribution in [0.5, 0.6) is 5.88 Å². The van der Waals surface area contributed by atoms with E-state index in [0.717, 1.165) is 17.8 Å². The molecule has 0 fully saturated rings. The summed E-state index contributed by atoms with van der Waals surface area (Å²) in [5.74, 6) is 0.671. The number of aromatic nitrogens is 1. The van der Waals surface area contributed by atoms with Crippen molar-refractivity contribution in [1.82, 2.24) is 10.3 Å². The first kappa shape index (κ1) is 14.5. The van der Waals surface area contributed by atoms with Gasteiger partial charge in [0.1, 0.15) is 6.10 Å². The van der Waals surface area contributed by atoms with E-state index in [-0.39, 0.29) is 6.10 Å². The maximum absolute atomic E-state index is 5.91. The molecule has 1 aromatic heterocycles. The number of pyridine rings is 1. The maximum atomic E-state index is 5.91. The average molecular weight is 270 g/mol. The number of nitrogens with zero attached hydrogens (tertiary/aromatic N) is 1. The summed E-state index contributed by atoms with van der Waals surface area (Å²) >= 11 is 0. The van der Waals surface area contributed by atoms with Crippen molar-refractivity contribution in [3.8, 4) is 5.88 Å². The number of hydrogen-bond acceptors (Lipinski definition) is 3. The molecule has 1 heterocycles. The Kier molecular flexibility index (Phi) is 5.13. The molecular formula is C17H22N2O. The van der Waals surface area contributed by atoms with E-state index in [4.69, 9.17) is 4.74 Å². The Bertz CT molecular complexity index is 526. The van der Waals surface area contributed by atoms with Crippen LogP contribution in [-0.4, -0.2) is 11.0 Å². The molecule has 0 aliphatic rings. The number of ether oxygens (including phenoxy) is 1. The fraction of sp³-hybridized carbons (Fsp3) is 0.353. The van der Waals surface area contributed by atoms with Gasteiger partial charge in [-0.2, -0.15) is 0 Å². The summed E-state index contributed by atoms with van der Waals surface area (Å²) < 4.78 is 5.91. The zero-order valence-electron chi connectivity index (χ0n) is 12.3. The summed E-state index contributed by atoms with van der Waals surface area (Å²) in [6.07, 6.45) is -0.00277. The molecule has 1 atom stereocenters. The van der Waals surface area contributed by atoms with Gasteiger partial charge in [-0.25, -0.2) is 4.98 Å². The van der Waals surface area contributed by atoms with Gasteiger partial charge in [-0.3, -0.25) is 0 Å². The Morgan fingerprint density at radius 3 is 2.45 bits per heavy atom. The van der Waals surface area contributed by atoms with Crippen LogP contribution in [0.2, 0.25) is 0 Å². The lowest BCUT2D eigenvalue weighted by molar-refractivity contribution is 0.217. The Hall–Kier alpha value is -1.87. The Balaban J connectivity index is 2.00. The molecule has 0 saturated heterocycles. The third-order valence-corrected chi connectivity index (χ3v) is 3.04. The molecule has 0 amide bonds. The lowest BCUT2D eigenvalue weighted by Gasteiger charge is -2.15. The Morgan fingerprint density at radius 2 is 1.75 bits per heavy atom. The lowest BCUT2D eigenvalue weighted by Crippen LogP contribution is -2.22. The third kappa shape index (κ3) is 4.35. The molecule has 106 valence electrons. The molecule has 0 aliphatic carbocycles. The molecule has 0 saturated carbocycles. The monoisotopic (exact) mass is 270 g/mol. The Labute approximate surface area is 121 Å². The van der Waals surface area contributed by atoms with E-state index in [1.54, 1.807) is 0 Å². The van der Waals surface area contributed by atoms with E-state index in [9.17, 15) is 0 Å². The minimum absolute atomic E-state index is 0.00277. The first-order chi connectivity index (χ1) is 9.65. The number of benzene rings is 1. The molecule has 0 aliphatic heterocycles. The highest BCUT2D eigenvalue weighted by molar-refractivity contribution is 5.20. The van der Waals surface area contributed by atoms with Gasteiger partial charge in [0.2, 0.25) is 5.88 Å². The largest absolute Gasteiger partial charge is 0.470 e. The predicted octanol–water partition coefficient (Wildman–Crippen LogP) is 3.72. The summed E-state index contributed by atoms with van der Waals surface area (Å²) in [6, 6.07) is 16.5. The van der Waals surface area contributed by atoms with Crippen molar-refractivity contribution in [2.45, 2.75) is 39.5 Å². The van der Waals surface area contributed by atoms with Gasteiger partial charge in [-0.15, -0.1) is 0 Å². The maximum Gasteiger partial charge on any atom is 0.214 e. The van der Waals surface area contributed by atoms with E-state index in [0.29, 0.717) is 11.9 Å². The van der Waals surface area contributed by atoms with Crippen LogP contribution < -0.4 is 10.1 Å². The van der Waals surface area contributed by atoms with Crippen molar-refractivity contribution < 1.29 is 4.74 Å². The van der Waals surface area contributed by atoms with E-state index < -0.39 is 0 Å². The fourth-order valence-electron chi connectivity index (χ4n) is 1.90. The standard InChI is InChI=1S/C17H22N2O/c1-13(2)18-12-16-10-7-11-17(19-16)20-14(3)15-8-5-4-6-9-15/h4-11,13-14,18H,12H2,1-3H3. The summed E-state index contributed by atoms with van der Waals surface area (Å²) in [7, 11) is 0. The average Bonchev–Trinajstić information content (AvgIpc) is 2.46. The molecule has 0 bridgehead atoms. The van der Waals surface area contributed by atoms with Crippen molar-refractivity contribution in [1.29, 1.82) is 0 Å². The predicted molar refractivity (Wildman–Crippen MR) is 81.7 cm³/mol. The first-order valence-electron chi connectivity index (χ1n) is 7.06. The van der Waals surface area contributed by atoms with Crippen LogP contribution in [0.4, 0.5) is 0 Å². The van der Waals surface area contributed by atoms with Gasteiger partial charge in [-0.1, -0.05) is 50.2 Å². The van der Waals surface area contributed by atoms with Gasteiger partial charge in [0.25, 0.3) is 0 Å². The number of rotatable bonds is 6. The molecule has 3 heteroatoms. The summed E-state index contributed by atoms with van der Waals surface area (Å²) in [5.41, 5.74) is 2.15. The van der Waals surface area contributed by atoms with E-state index in [1.807, 2.05) is 43.3 Å². The summed E-state index contributed by atoms with van der Waals surface area (Å²) in [4.78, 5) is 4.53. The second-order valence-corrected chi connectivity index (χ2v) is 5.17. The van der Waals surface area contributed by atoms with Crippen molar-refractivity contribution in [3.05, 3.63) is 59.8 Å². The topological polar surface area (TPSA) is 34.1 Å². The minimum atomic E-state index is -0.00277. The van der Waals surface area contributed by atoms with Gasteiger partial charge < -0.3 is 10.1 Å². The van der Waals surface area contributed by atoms with Gasteiger partial charge in [-0.05, 0) is 18.6 Å². The molecule has 0 spiro atoms. The molecule has 3 nitrogen and oxygen atoms in total. The quantitative estimate of drug-likeness (QED) is 0.868. The smallest absolute Gasteiger partial charge is 0.214 e. The molecule has 1 N–H and O–H groups in total. The highest BCUT2D eigenvalue weighted by Gasteiger charge is 2.08. The first-order valence-corrected chi connectivity index (χ1v) is 7.06. The van der Waals surface area contributed by atoms with E-state index in [1.165, 1.54) is 0 Å². The number of nitrogens with one attached hydrogen (secondary N) is 1. The number of hydrogen-bond donors (Lipinski definition) is 1. The van der Waals surface area contributed by atoms with Crippen LogP contribution in [-0.2, 0) is 6.54 Å². The van der Waals surface area contributed by atoms with Crippen molar-refractivity contribution in [2.24, 2.45) is 0 Å². The zero-order valence-corrected chi connectivity index (χ0v) is 12.3. The molecule has 1 unspecified atom stereocenters. The van der Waals surface area contributed by atoms with Crippen LogP contribution in [0.25, 0.3) is 0 Å². The molecule has 0 radical (unpaired) electrons. The molecule has 2 aromatic rings. The SMILES string of the molecule is CC(C)NCc1cccc(OC(C)c2ccccc2)n1. The van der Waals surface area contributed by atoms with Crippen molar-refractivity contribution in [2.75, 3.05) is 0 Å². The van der Waals surface area contributed by atoms with E-state index in [2.05, 4.69) is 36.3 Å². The van der Waals surface area contributed by atoms with Gasteiger partial charge >= 0.3 is 0 Å². The normalized spacial score (nSPS) is 12.4. The van der Waals surface area contributed by atoms with Crippen LogP contribution in [0.1, 0.15) is 38.1 Å². The highest BCUT2D eigenvalue weighted by atomic mass is 16.5. The molecular weight excluding hydrogens is 248 g/mol. The lowest BCUT2D eigenvalue weighted by atomic mass is 10.1. The van der Waals surface area contributed by atoms with Crippen molar-refractivity contribution >= 4 is 0 Å². The van der Waals surface area contributed by atoms with Crippen LogP contribution >= 0.6 is 0 Å². The highest BCUT2D eigenvalue weighted by Crippen LogP contribution is 2.19. The Morgan fingerprint density at radius 1 is 1.00 bits per heavy atom. The summed E-state index contributed by atoms with van der Waals surface area (Å²) in [6.45, 7) is 7.04. The van der Waals surface area contributed by atoms with Gasteiger partial charge in [0.05, 0.1) is 5.69 Å². The van der Waals surface area contributed by atoms with Gasteiger partial charge in [0, 0.05) is 18.7 Å². The van der Waals surface area contributed by atoms with Crippen molar-refractivity contribution in [3.63, 3.8) is 0 Å². The molecule has 1 aromatic carbocycles.